The molecule has 2 N–H and O–H groups in total. The Labute approximate surface area is 110 Å². The summed E-state index contributed by atoms with van der Waals surface area (Å²) in [5.41, 5.74) is 5.70. The highest BCUT2D eigenvalue weighted by atomic mass is 16.5. The summed E-state index contributed by atoms with van der Waals surface area (Å²) in [4.78, 5) is 14.5. The minimum absolute atomic E-state index is 0.285. The van der Waals surface area contributed by atoms with Gasteiger partial charge in [0.2, 0.25) is 5.91 Å². The average Bonchev–Trinajstić information content (AvgIpc) is 2.43. The van der Waals surface area contributed by atoms with Crippen molar-refractivity contribution < 1.29 is 9.53 Å². The van der Waals surface area contributed by atoms with Crippen molar-refractivity contribution in [2.24, 2.45) is 11.7 Å². The molecule has 0 bridgehead atoms. The summed E-state index contributed by atoms with van der Waals surface area (Å²) < 4.78 is 5.80. The van der Waals surface area contributed by atoms with Crippen molar-refractivity contribution in [3.8, 4) is 0 Å². The maximum atomic E-state index is 12.4. The van der Waals surface area contributed by atoms with Crippen LogP contribution >= 0.6 is 0 Å². The monoisotopic (exact) mass is 254 g/mol. The lowest BCUT2D eigenvalue weighted by Gasteiger charge is -2.44. The lowest BCUT2D eigenvalue weighted by Crippen LogP contribution is -2.55. The first-order valence-electron chi connectivity index (χ1n) is 7.37. The number of ether oxygens (including phenoxy) is 1. The number of carbonyl (C=O) groups excluding carboxylic acids is 1. The third-order valence-electron chi connectivity index (χ3n) is 4.43. The number of hydrogen-bond acceptors (Lipinski definition) is 3. The van der Waals surface area contributed by atoms with Gasteiger partial charge in [0.25, 0.3) is 0 Å². The molecule has 0 aromatic carbocycles. The van der Waals surface area contributed by atoms with E-state index >= 15 is 0 Å². The van der Waals surface area contributed by atoms with Gasteiger partial charge in [-0.3, -0.25) is 4.79 Å². The largest absolute Gasteiger partial charge is 0.374 e. The Morgan fingerprint density at radius 3 is 2.94 bits per heavy atom. The van der Waals surface area contributed by atoms with E-state index < -0.39 is 0 Å². The van der Waals surface area contributed by atoms with Gasteiger partial charge in [0.05, 0.1) is 18.8 Å². The van der Waals surface area contributed by atoms with Crippen molar-refractivity contribution in [1.29, 1.82) is 0 Å². The van der Waals surface area contributed by atoms with E-state index in [-0.39, 0.29) is 12.0 Å². The molecule has 1 aliphatic heterocycles. The summed E-state index contributed by atoms with van der Waals surface area (Å²) in [5, 5.41) is 0. The zero-order chi connectivity index (χ0) is 13.0. The van der Waals surface area contributed by atoms with Crippen molar-refractivity contribution in [2.75, 3.05) is 19.7 Å². The van der Waals surface area contributed by atoms with Crippen LogP contribution in [0.5, 0.6) is 0 Å². The van der Waals surface area contributed by atoms with Crippen LogP contribution in [0.25, 0.3) is 0 Å². The van der Waals surface area contributed by atoms with Crippen LogP contribution in [0.2, 0.25) is 0 Å². The lowest BCUT2D eigenvalue weighted by molar-refractivity contribution is -0.150. The highest BCUT2D eigenvalue weighted by Crippen LogP contribution is 2.29. The smallest absolute Gasteiger partial charge is 0.223 e. The van der Waals surface area contributed by atoms with Gasteiger partial charge in [-0.15, -0.1) is 0 Å². The van der Waals surface area contributed by atoms with Gasteiger partial charge in [0.1, 0.15) is 0 Å². The van der Waals surface area contributed by atoms with Crippen molar-refractivity contribution in [3.63, 3.8) is 0 Å². The number of morpholine rings is 1. The van der Waals surface area contributed by atoms with Gasteiger partial charge in [-0.2, -0.15) is 0 Å². The summed E-state index contributed by atoms with van der Waals surface area (Å²) in [7, 11) is 0. The minimum atomic E-state index is 0.285. The van der Waals surface area contributed by atoms with E-state index in [1.54, 1.807) is 0 Å². The number of hydrogen-bond donors (Lipinski definition) is 1. The van der Waals surface area contributed by atoms with Crippen molar-refractivity contribution in [3.05, 3.63) is 0 Å². The van der Waals surface area contributed by atoms with E-state index in [0.717, 1.165) is 25.8 Å². The summed E-state index contributed by atoms with van der Waals surface area (Å²) in [6, 6.07) is 0.329. The SMILES string of the molecule is CCC(CN)CC(=O)N1CCOC2CCCCC21. The van der Waals surface area contributed by atoms with Crippen LogP contribution in [0.15, 0.2) is 0 Å². The number of nitrogens with two attached hydrogens (primary N) is 1. The minimum Gasteiger partial charge on any atom is -0.374 e. The second kappa shape index (κ2) is 6.53. The molecule has 1 amide bonds. The number of rotatable bonds is 4. The number of amides is 1. The molecule has 0 aromatic heterocycles. The quantitative estimate of drug-likeness (QED) is 0.828. The van der Waals surface area contributed by atoms with Gasteiger partial charge in [0.15, 0.2) is 0 Å². The molecule has 0 spiro atoms. The lowest BCUT2D eigenvalue weighted by atomic mass is 9.89. The van der Waals surface area contributed by atoms with Crippen LogP contribution in [0, 0.1) is 5.92 Å². The zero-order valence-electron chi connectivity index (χ0n) is 11.4. The molecule has 3 atom stereocenters. The van der Waals surface area contributed by atoms with Crippen molar-refractivity contribution in [1.82, 2.24) is 4.90 Å². The average molecular weight is 254 g/mol. The molecule has 3 unspecified atom stereocenters. The van der Waals surface area contributed by atoms with Crippen LogP contribution in [-0.2, 0) is 9.53 Å². The van der Waals surface area contributed by atoms with Gasteiger partial charge < -0.3 is 15.4 Å². The number of fused-ring (bicyclic) bond motifs is 1. The molecule has 2 fully saturated rings. The fourth-order valence-electron chi connectivity index (χ4n) is 3.16. The topological polar surface area (TPSA) is 55.6 Å². The van der Waals surface area contributed by atoms with Crippen molar-refractivity contribution in [2.45, 2.75) is 57.6 Å². The van der Waals surface area contributed by atoms with Crippen LogP contribution < -0.4 is 5.73 Å². The molecule has 1 saturated heterocycles. The van der Waals surface area contributed by atoms with E-state index in [4.69, 9.17) is 10.5 Å². The van der Waals surface area contributed by atoms with Crippen molar-refractivity contribution >= 4 is 5.91 Å². The second-order valence-corrected chi connectivity index (χ2v) is 5.56. The molecule has 2 rings (SSSR count). The summed E-state index contributed by atoms with van der Waals surface area (Å²) >= 11 is 0. The fraction of sp³-hybridized carbons (Fsp3) is 0.929. The number of carbonyl (C=O) groups is 1. The fourth-order valence-corrected chi connectivity index (χ4v) is 3.16. The van der Waals surface area contributed by atoms with E-state index in [1.165, 1.54) is 12.8 Å². The van der Waals surface area contributed by atoms with Gasteiger partial charge in [-0.25, -0.2) is 0 Å². The van der Waals surface area contributed by atoms with E-state index in [2.05, 4.69) is 11.8 Å². The highest BCUT2D eigenvalue weighted by Gasteiger charge is 2.36. The van der Waals surface area contributed by atoms with Gasteiger partial charge in [-0.1, -0.05) is 26.2 Å². The molecule has 1 heterocycles. The third kappa shape index (κ3) is 3.04. The highest BCUT2D eigenvalue weighted by molar-refractivity contribution is 5.77. The van der Waals surface area contributed by atoms with Gasteiger partial charge >= 0.3 is 0 Å². The summed E-state index contributed by atoms with van der Waals surface area (Å²) in [5.74, 6) is 0.620. The molecule has 104 valence electrons. The van der Waals surface area contributed by atoms with Crippen LogP contribution in [0.3, 0.4) is 0 Å². The molecule has 1 aliphatic carbocycles. The molecule has 2 aliphatic rings. The molecule has 0 radical (unpaired) electrons. The Bertz CT molecular complexity index is 277. The predicted molar refractivity (Wildman–Crippen MR) is 71.2 cm³/mol. The Kier molecular flexibility index (Phi) is 5.01. The predicted octanol–water partition coefficient (Wildman–Crippen LogP) is 1.53. The Hall–Kier alpha value is -0.610. The molecular weight excluding hydrogens is 228 g/mol. The standard InChI is InChI=1S/C14H26N2O2/c1-2-11(10-15)9-14(17)16-7-8-18-13-6-4-3-5-12(13)16/h11-13H,2-10,15H2,1H3. The summed E-state index contributed by atoms with van der Waals surface area (Å²) in [6.45, 7) is 4.18. The Balaban J connectivity index is 1.95. The van der Waals surface area contributed by atoms with E-state index in [0.29, 0.717) is 31.5 Å². The normalized spacial score (nSPS) is 29.8. The Morgan fingerprint density at radius 1 is 1.44 bits per heavy atom. The summed E-state index contributed by atoms with van der Waals surface area (Å²) in [6.07, 6.45) is 6.57. The van der Waals surface area contributed by atoms with E-state index in [9.17, 15) is 4.79 Å². The maximum absolute atomic E-state index is 12.4. The molecule has 4 nitrogen and oxygen atoms in total. The van der Waals surface area contributed by atoms with Crippen LogP contribution in [-0.4, -0.2) is 42.6 Å². The molecule has 0 aromatic rings. The van der Waals surface area contributed by atoms with Crippen LogP contribution in [0.4, 0.5) is 0 Å². The second-order valence-electron chi connectivity index (χ2n) is 5.56. The first-order chi connectivity index (χ1) is 8.76. The molecule has 18 heavy (non-hydrogen) atoms. The molecule has 4 heteroatoms. The van der Waals surface area contributed by atoms with Gasteiger partial charge in [-0.05, 0) is 25.3 Å². The van der Waals surface area contributed by atoms with Gasteiger partial charge in [0, 0.05) is 13.0 Å². The maximum Gasteiger partial charge on any atom is 0.223 e. The Morgan fingerprint density at radius 2 is 2.22 bits per heavy atom. The molecular formula is C14H26N2O2. The molecule has 1 saturated carbocycles. The van der Waals surface area contributed by atoms with E-state index in [1.807, 2.05) is 0 Å². The zero-order valence-corrected chi connectivity index (χ0v) is 11.4. The van der Waals surface area contributed by atoms with Crippen LogP contribution in [0.1, 0.15) is 45.4 Å². The first kappa shape index (κ1) is 13.8. The first-order valence-corrected chi connectivity index (χ1v) is 7.37. The number of nitrogens with zero attached hydrogens (tertiary/aromatic N) is 1. The third-order valence-corrected chi connectivity index (χ3v) is 4.43.